The SMILES string of the molecule is NC(=O)OCCNC1CCc2c(F)cccc21. The molecule has 1 atom stereocenters. The highest BCUT2D eigenvalue weighted by Crippen LogP contribution is 2.32. The molecule has 5 heteroatoms. The maximum Gasteiger partial charge on any atom is 0.404 e. The summed E-state index contributed by atoms with van der Waals surface area (Å²) in [6, 6.07) is 5.26. The molecule has 92 valence electrons. The van der Waals surface area contributed by atoms with E-state index < -0.39 is 6.09 Å². The van der Waals surface area contributed by atoms with E-state index in [1.54, 1.807) is 6.07 Å². The number of benzene rings is 1. The van der Waals surface area contributed by atoms with Gasteiger partial charge in [0.05, 0.1) is 0 Å². The quantitative estimate of drug-likeness (QED) is 0.781. The number of carbonyl (C=O) groups is 1. The molecule has 0 saturated heterocycles. The molecule has 1 aliphatic carbocycles. The van der Waals surface area contributed by atoms with E-state index in [1.165, 1.54) is 6.07 Å². The van der Waals surface area contributed by atoms with Gasteiger partial charge in [-0.1, -0.05) is 12.1 Å². The number of hydrogen-bond donors (Lipinski definition) is 2. The number of hydrogen-bond acceptors (Lipinski definition) is 3. The van der Waals surface area contributed by atoms with Crippen LogP contribution < -0.4 is 11.1 Å². The van der Waals surface area contributed by atoms with Gasteiger partial charge in [0.1, 0.15) is 12.4 Å². The second-order valence-electron chi connectivity index (χ2n) is 4.02. The molecular formula is C12H15FN2O2. The van der Waals surface area contributed by atoms with E-state index in [9.17, 15) is 9.18 Å². The topological polar surface area (TPSA) is 64.4 Å². The molecule has 1 aliphatic rings. The van der Waals surface area contributed by atoms with Crippen LogP contribution in [0, 0.1) is 5.82 Å². The van der Waals surface area contributed by atoms with Crippen molar-refractivity contribution in [2.45, 2.75) is 18.9 Å². The summed E-state index contributed by atoms with van der Waals surface area (Å²) < 4.78 is 18.1. The Morgan fingerprint density at radius 3 is 3.18 bits per heavy atom. The van der Waals surface area contributed by atoms with Crippen molar-refractivity contribution in [3.63, 3.8) is 0 Å². The van der Waals surface area contributed by atoms with E-state index in [2.05, 4.69) is 10.1 Å². The Balaban J connectivity index is 1.89. The molecule has 2 rings (SSSR count). The summed E-state index contributed by atoms with van der Waals surface area (Å²) in [5.74, 6) is -0.139. The zero-order valence-corrected chi connectivity index (χ0v) is 9.41. The van der Waals surface area contributed by atoms with Crippen LogP contribution in [0.25, 0.3) is 0 Å². The standard InChI is InChI=1S/C12H15FN2O2/c13-10-3-1-2-9-8(10)4-5-11(9)15-6-7-17-12(14)16/h1-3,11,15H,4-7H2,(H2,14,16). The third-order valence-electron chi connectivity index (χ3n) is 2.95. The number of ether oxygens (including phenoxy) is 1. The van der Waals surface area contributed by atoms with Gasteiger partial charge in [0.2, 0.25) is 0 Å². The summed E-state index contributed by atoms with van der Waals surface area (Å²) in [6.45, 7) is 0.750. The summed E-state index contributed by atoms with van der Waals surface area (Å²) in [7, 11) is 0. The maximum absolute atomic E-state index is 13.4. The van der Waals surface area contributed by atoms with Crippen molar-refractivity contribution >= 4 is 6.09 Å². The predicted molar refractivity (Wildman–Crippen MR) is 61.0 cm³/mol. The lowest BCUT2D eigenvalue weighted by Gasteiger charge is -2.13. The van der Waals surface area contributed by atoms with Crippen LogP contribution in [0.15, 0.2) is 18.2 Å². The van der Waals surface area contributed by atoms with Crippen molar-refractivity contribution in [3.8, 4) is 0 Å². The molecule has 0 bridgehead atoms. The Kier molecular flexibility index (Phi) is 3.58. The number of nitrogens with one attached hydrogen (secondary N) is 1. The monoisotopic (exact) mass is 238 g/mol. The second-order valence-corrected chi connectivity index (χ2v) is 4.02. The minimum absolute atomic E-state index is 0.136. The van der Waals surface area contributed by atoms with Crippen LogP contribution >= 0.6 is 0 Å². The fourth-order valence-electron chi connectivity index (χ4n) is 2.21. The highest BCUT2D eigenvalue weighted by atomic mass is 19.1. The number of amides is 1. The van der Waals surface area contributed by atoms with Gasteiger partial charge in [-0.15, -0.1) is 0 Å². The molecule has 3 N–H and O–H groups in total. The summed E-state index contributed by atoms with van der Waals surface area (Å²) >= 11 is 0. The Morgan fingerprint density at radius 1 is 1.59 bits per heavy atom. The van der Waals surface area contributed by atoms with E-state index in [0.29, 0.717) is 6.54 Å². The molecule has 1 aromatic carbocycles. The van der Waals surface area contributed by atoms with E-state index in [1.807, 2.05) is 6.07 Å². The first-order chi connectivity index (χ1) is 8.18. The van der Waals surface area contributed by atoms with E-state index in [4.69, 9.17) is 5.73 Å². The average Bonchev–Trinajstić information content (AvgIpc) is 2.69. The van der Waals surface area contributed by atoms with Gasteiger partial charge in [-0.2, -0.15) is 0 Å². The molecular weight excluding hydrogens is 223 g/mol. The van der Waals surface area contributed by atoms with Gasteiger partial charge in [0.15, 0.2) is 0 Å². The van der Waals surface area contributed by atoms with Gasteiger partial charge < -0.3 is 15.8 Å². The van der Waals surface area contributed by atoms with Crippen molar-refractivity contribution in [1.82, 2.24) is 5.32 Å². The summed E-state index contributed by atoms with van der Waals surface area (Å²) in [5, 5.41) is 3.22. The lowest BCUT2D eigenvalue weighted by Crippen LogP contribution is -2.26. The molecule has 1 aromatic rings. The molecule has 0 spiro atoms. The summed E-state index contributed by atoms with van der Waals surface area (Å²) in [5.41, 5.74) is 6.64. The van der Waals surface area contributed by atoms with Crippen molar-refractivity contribution in [1.29, 1.82) is 0 Å². The van der Waals surface area contributed by atoms with Gasteiger partial charge in [0, 0.05) is 12.6 Å². The zero-order chi connectivity index (χ0) is 12.3. The molecule has 0 aromatic heterocycles. The van der Waals surface area contributed by atoms with Gasteiger partial charge >= 0.3 is 6.09 Å². The molecule has 0 aliphatic heterocycles. The van der Waals surface area contributed by atoms with Gasteiger partial charge in [-0.25, -0.2) is 9.18 Å². The van der Waals surface area contributed by atoms with Crippen LogP contribution in [0.3, 0.4) is 0 Å². The first kappa shape index (κ1) is 11.9. The molecule has 0 fully saturated rings. The van der Waals surface area contributed by atoms with Crippen molar-refractivity contribution < 1.29 is 13.9 Å². The molecule has 17 heavy (non-hydrogen) atoms. The van der Waals surface area contributed by atoms with Gasteiger partial charge in [-0.3, -0.25) is 0 Å². The Hall–Kier alpha value is -1.62. The Morgan fingerprint density at radius 2 is 2.41 bits per heavy atom. The predicted octanol–water partition coefficient (Wildman–Crippen LogP) is 1.50. The van der Waals surface area contributed by atoms with E-state index >= 15 is 0 Å². The third kappa shape index (κ3) is 2.74. The minimum atomic E-state index is -0.773. The number of primary amides is 1. The van der Waals surface area contributed by atoms with Crippen molar-refractivity contribution in [2.75, 3.05) is 13.2 Å². The molecule has 0 heterocycles. The lowest BCUT2D eigenvalue weighted by atomic mass is 10.1. The van der Waals surface area contributed by atoms with Crippen LogP contribution in [0.2, 0.25) is 0 Å². The molecule has 1 unspecified atom stereocenters. The normalized spacial score (nSPS) is 17.8. The van der Waals surface area contributed by atoms with Crippen LogP contribution in [-0.2, 0) is 11.2 Å². The fraction of sp³-hybridized carbons (Fsp3) is 0.417. The first-order valence-corrected chi connectivity index (χ1v) is 5.61. The average molecular weight is 238 g/mol. The van der Waals surface area contributed by atoms with E-state index in [0.717, 1.165) is 24.0 Å². The van der Waals surface area contributed by atoms with Crippen molar-refractivity contribution in [3.05, 3.63) is 35.1 Å². The molecule has 0 radical (unpaired) electrons. The Bertz CT molecular complexity index is 423. The number of carbonyl (C=O) groups excluding carboxylic acids is 1. The highest BCUT2D eigenvalue weighted by molar-refractivity contribution is 5.64. The second kappa shape index (κ2) is 5.14. The number of halogens is 1. The van der Waals surface area contributed by atoms with E-state index in [-0.39, 0.29) is 18.5 Å². The van der Waals surface area contributed by atoms with Crippen LogP contribution in [0.4, 0.5) is 9.18 Å². The molecule has 1 amide bonds. The zero-order valence-electron chi connectivity index (χ0n) is 9.41. The molecule has 0 saturated carbocycles. The summed E-state index contributed by atoms with van der Waals surface area (Å²) in [4.78, 5) is 10.4. The minimum Gasteiger partial charge on any atom is -0.448 e. The summed E-state index contributed by atoms with van der Waals surface area (Å²) in [6.07, 6.45) is 0.841. The third-order valence-corrected chi connectivity index (χ3v) is 2.95. The van der Waals surface area contributed by atoms with Crippen LogP contribution in [0.5, 0.6) is 0 Å². The van der Waals surface area contributed by atoms with Crippen molar-refractivity contribution in [2.24, 2.45) is 5.73 Å². The van der Waals surface area contributed by atoms with Crippen LogP contribution in [0.1, 0.15) is 23.6 Å². The Labute approximate surface area is 98.9 Å². The maximum atomic E-state index is 13.4. The van der Waals surface area contributed by atoms with Crippen LogP contribution in [-0.4, -0.2) is 19.2 Å². The largest absolute Gasteiger partial charge is 0.448 e. The fourth-order valence-corrected chi connectivity index (χ4v) is 2.21. The lowest BCUT2D eigenvalue weighted by molar-refractivity contribution is 0.156. The number of nitrogens with two attached hydrogens (primary N) is 1. The number of rotatable bonds is 4. The highest BCUT2D eigenvalue weighted by Gasteiger charge is 2.23. The first-order valence-electron chi connectivity index (χ1n) is 5.61. The molecule has 4 nitrogen and oxygen atoms in total. The smallest absolute Gasteiger partial charge is 0.404 e. The van der Waals surface area contributed by atoms with Gasteiger partial charge in [-0.05, 0) is 30.0 Å². The van der Waals surface area contributed by atoms with Gasteiger partial charge in [0.25, 0.3) is 0 Å². The number of fused-ring (bicyclic) bond motifs is 1.